The van der Waals surface area contributed by atoms with Gasteiger partial charge in [-0.3, -0.25) is 4.79 Å². The highest BCUT2D eigenvalue weighted by molar-refractivity contribution is 5.88. The molecule has 30 heavy (non-hydrogen) atoms. The Morgan fingerprint density at radius 3 is 2.70 bits per heavy atom. The summed E-state index contributed by atoms with van der Waals surface area (Å²) in [6, 6.07) is 7.46. The van der Waals surface area contributed by atoms with E-state index < -0.39 is 11.4 Å². The second kappa shape index (κ2) is 6.71. The Kier molecular flexibility index (Phi) is 4.33. The van der Waals surface area contributed by atoms with Crippen molar-refractivity contribution in [1.29, 1.82) is 0 Å². The Hall–Kier alpha value is -2.60. The standard InChI is InChI=1S/C24H27NO5/c1-24(2)10-20(30-12-13-4-5-13)21-15-7-6-14(29-3)8-16(15)18-9-19(26)17(23(27)28)11-25(18)22(21)24/h6-9,11,13,20-22H,4-5,10,12H2,1-3H3,(H,27,28). The van der Waals surface area contributed by atoms with Crippen molar-refractivity contribution in [3.05, 3.63) is 51.8 Å². The first kappa shape index (κ1) is 19.4. The minimum absolute atomic E-state index is 0.0105. The van der Waals surface area contributed by atoms with Gasteiger partial charge in [0, 0.05) is 36.4 Å². The van der Waals surface area contributed by atoms with E-state index in [4.69, 9.17) is 9.47 Å². The van der Waals surface area contributed by atoms with Gasteiger partial charge in [-0.25, -0.2) is 4.79 Å². The number of pyridine rings is 1. The summed E-state index contributed by atoms with van der Waals surface area (Å²) in [4.78, 5) is 24.2. The van der Waals surface area contributed by atoms with Crippen LogP contribution in [-0.4, -0.2) is 35.5 Å². The van der Waals surface area contributed by atoms with Gasteiger partial charge in [0.1, 0.15) is 11.3 Å². The predicted molar refractivity (Wildman–Crippen MR) is 112 cm³/mol. The number of carboxylic acid groups (broad SMARTS) is 1. The van der Waals surface area contributed by atoms with Gasteiger partial charge in [-0.1, -0.05) is 19.9 Å². The highest BCUT2D eigenvalue weighted by atomic mass is 16.5. The Balaban J connectivity index is 1.71. The van der Waals surface area contributed by atoms with Gasteiger partial charge in [-0.15, -0.1) is 0 Å². The molecule has 158 valence electrons. The third-order valence-electron chi connectivity index (χ3n) is 7.02. The van der Waals surface area contributed by atoms with E-state index in [1.165, 1.54) is 25.1 Å². The number of methoxy groups -OCH3 is 1. The lowest BCUT2D eigenvalue weighted by molar-refractivity contribution is 0.0331. The van der Waals surface area contributed by atoms with Crippen LogP contribution in [0.5, 0.6) is 5.75 Å². The molecule has 0 radical (unpaired) electrons. The number of nitrogens with zero attached hydrogens (tertiary/aromatic N) is 1. The number of carbonyl (C=O) groups is 1. The lowest BCUT2D eigenvalue weighted by atomic mass is 9.77. The van der Waals surface area contributed by atoms with Gasteiger partial charge in [0.15, 0.2) is 5.43 Å². The van der Waals surface area contributed by atoms with Crippen LogP contribution >= 0.6 is 0 Å². The minimum atomic E-state index is -1.19. The number of ether oxygens (including phenoxy) is 2. The summed E-state index contributed by atoms with van der Waals surface area (Å²) in [5.74, 6) is 0.283. The molecule has 3 aliphatic rings. The van der Waals surface area contributed by atoms with Crippen LogP contribution in [0.4, 0.5) is 0 Å². The number of aromatic nitrogens is 1. The van der Waals surface area contributed by atoms with E-state index in [0.29, 0.717) is 11.7 Å². The molecule has 0 spiro atoms. The molecule has 1 aliphatic heterocycles. The van der Waals surface area contributed by atoms with Crippen LogP contribution in [0.25, 0.3) is 11.3 Å². The van der Waals surface area contributed by atoms with Crippen LogP contribution in [0.2, 0.25) is 0 Å². The van der Waals surface area contributed by atoms with E-state index in [1.54, 1.807) is 7.11 Å². The molecule has 2 saturated carbocycles. The van der Waals surface area contributed by atoms with Crippen molar-refractivity contribution in [2.45, 2.75) is 51.2 Å². The highest BCUT2D eigenvalue weighted by Gasteiger charge is 2.53. The molecule has 2 aliphatic carbocycles. The van der Waals surface area contributed by atoms with E-state index >= 15 is 0 Å². The smallest absolute Gasteiger partial charge is 0.341 e. The van der Waals surface area contributed by atoms with Gasteiger partial charge < -0.3 is 19.1 Å². The first-order chi connectivity index (χ1) is 14.3. The number of aromatic carboxylic acids is 1. The summed E-state index contributed by atoms with van der Waals surface area (Å²) in [7, 11) is 1.62. The van der Waals surface area contributed by atoms with Crippen molar-refractivity contribution in [1.82, 2.24) is 4.57 Å². The van der Waals surface area contributed by atoms with Crippen LogP contribution in [0, 0.1) is 11.3 Å². The van der Waals surface area contributed by atoms with Crippen LogP contribution in [0.3, 0.4) is 0 Å². The highest BCUT2D eigenvalue weighted by Crippen LogP contribution is 2.60. The average Bonchev–Trinajstić information content (AvgIpc) is 3.49. The van der Waals surface area contributed by atoms with E-state index in [-0.39, 0.29) is 29.0 Å². The molecule has 0 saturated heterocycles. The van der Waals surface area contributed by atoms with Gasteiger partial charge in [-0.05, 0) is 48.3 Å². The van der Waals surface area contributed by atoms with E-state index in [9.17, 15) is 14.7 Å². The summed E-state index contributed by atoms with van der Waals surface area (Å²) in [6.07, 6.45) is 4.95. The molecular weight excluding hydrogens is 382 g/mol. The first-order valence-corrected chi connectivity index (χ1v) is 10.6. The molecule has 3 unspecified atom stereocenters. The van der Waals surface area contributed by atoms with Crippen molar-refractivity contribution in [2.24, 2.45) is 11.3 Å². The van der Waals surface area contributed by atoms with E-state index in [1.807, 2.05) is 16.7 Å². The Morgan fingerprint density at radius 1 is 1.27 bits per heavy atom. The van der Waals surface area contributed by atoms with Crippen molar-refractivity contribution in [3.8, 4) is 17.0 Å². The number of hydrogen-bond acceptors (Lipinski definition) is 4. The molecule has 3 atom stereocenters. The summed E-state index contributed by atoms with van der Waals surface area (Å²) in [5, 5.41) is 9.56. The summed E-state index contributed by atoms with van der Waals surface area (Å²) < 4.78 is 13.9. The molecule has 6 nitrogen and oxygen atoms in total. The maximum absolute atomic E-state index is 12.5. The maximum Gasteiger partial charge on any atom is 0.341 e. The molecule has 0 bridgehead atoms. The minimum Gasteiger partial charge on any atom is -0.497 e. The SMILES string of the molecule is COc1ccc2c(c1)-c1cc(=O)c(C(=O)O)cn1C1C2C(OCC2CC2)CC1(C)C. The summed E-state index contributed by atoms with van der Waals surface area (Å²) >= 11 is 0. The Labute approximate surface area is 175 Å². The zero-order valence-corrected chi connectivity index (χ0v) is 17.6. The maximum atomic E-state index is 12.5. The van der Waals surface area contributed by atoms with Crippen LogP contribution in [-0.2, 0) is 4.74 Å². The van der Waals surface area contributed by atoms with E-state index in [2.05, 4.69) is 19.9 Å². The first-order valence-electron chi connectivity index (χ1n) is 10.6. The number of carboxylic acids is 1. The molecule has 1 aromatic carbocycles. The molecule has 6 heteroatoms. The summed E-state index contributed by atoms with van der Waals surface area (Å²) in [5.41, 5.74) is 2.03. The fourth-order valence-corrected chi connectivity index (χ4v) is 5.41. The monoisotopic (exact) mass is 409 g/mol. The van der Waals surface area contributed by atoms with Gasteiger partial charge in [0.2, 0.25) is 0 Å². The van der Waals surface area contributed by atoms with Gasteiger partial charge in [0.05, 0.1) is 18.9 Å². The average molecular weight is 409 g/mol. The van der Waals surface area contributed by atoms with Gasteiger partial charge in [0.25, 0.3) is 0 Å². The lowest BCUT2D eigenvalue weighted by Crippen LogP contribution is -2.33. The number of rotatable bonds is 5. The fourth-order valence-electron chi connectivity index (χ4n) is 5.41. The molecule has 5 rings (SSSR count). The molecule has 1 N–H and O–H groups in total. The molecule has 2 heterocycles. The van der Waals surface area contributed by atoms with Gasteiger partial charge >= 0.3 is 5.97 Å². The Morgan fingerprint density at radius 2 is 2.03 bits per heavy atom. The largest absolute Gasteiger partial charge is 0.497 e. The predicted octanol–water partition coefficient (Wildman–Crippen LogP) is 4.09. The second-order valence-corrected chi connectivity index (χ2v) is 9.58. The number of fused-ring (bicyclic) bond motifs is 6. The van der Waals surface area contributed by atoms with Crippen molar-refractivity contribution < 1.29 is 19.4 Å². The molecule has 2 aromatic rings. The van der Waals surface area contributed by atoms with Crippen LogP contribution in [0.15, 0.2) is 35.3 Å². The zero-order chi connectivity index (χ0) is 21.2. The molecular formula is C24H27NO5. The van der Waals surface area contributed by atoms with Crippen molar-refractivity contribution in [3.63, 3.8) is 0 Å². The van der Waals surface area contributed by atoms with Gasteiger partial charge in [-0.2, -0.15) is 0 Å². The lowest BCUT2D eigenvalue weighted by Gasteiger charge is -2.40. The Bertz CT molecular complexity index is 1080. The van der Waals surface area contributed by atoms with Crippen LogP contribution < -0.4 is 10.2 Å². The third-order valence-corrected chi connectivity index (χ3v) is 7.02. The second-order valence-electron chi connectivity index (χ2n) is 9.58. The molecule has 1 aromatic heterocycles. The summed E-state index contributed by atoms with van der Waals surface area (Å²) in [6.45, 7) is 5.21. The molecule has 2 fully saturated rings. The van der Waals surface area contributed by atoms with Crippen LogP contribution in [0.1, 0.15) is 61.0 Å². The molecule has 0 amide bonds. The quantitative estimate of drug-likeness (QED) is 0.805. The van der Waals surface area contributed by atoms with E-state index in [0.717, 1.165) is 29.8 Å². The normalized spacial score (nSPS) is 25.9. The fraction of sp³-hybridized carbons (Fsp3) is 0.500. The topological polar surface area (TPSA) is 77.8 Å². The van der Waals surface area contributed by atoms with Crippen molar-refractivity contribution >= 4 is 5.97 Å². The third kappa shape index (κ3) is 2.97. The van der Waals surface area contributed by atoms with Crippen molar-refractivity contribution in [2.75, 3.05) is 13.7 Å². The zero-order valence-electron chi connectivity index (χ0n) is 17.6. The number of benzene rings is 1. The number of hydrogen-bond donors (Lipinski definition) is 1.